The quantitative estimate of drug-likeness (QED) is 0.321. The van der Waals surface area contributed by atoms with Crippen LogP contribution in [0.3, 0.4) is 0 Å². The molecule has 0 aliphatic rings. The predicted octanol–water partition coefficient (Wildman–Crippen LogP) is 4.14. The molecule has 0 amide bonds. The van der Waals surface area contributed by atoms with E-state index in [0.717, 1.165) is 43.2 Å². The molecule has 158 valence electrons. The lowest BCUT2D eigenvalue weighted by Gasteiger charge is -2.01. The minimum absolute atomic E-state index is 0. The van der Waals surface area contributed by atoms with Gasteiger partial charge in [-0.05, 0) is 54.8 Å². The Kier molecular flexibility index (Phi) is 7.44. The summed E-state index contributed by atoms with van der Waals surface area (Å²) < 4.78 is 9.12. The van der Waals surface area contributed by atoms with Crippen molar-refractivity contribution < 1.29 is 9.53 Å². The average Bonchev–Trinajstić information content (AvgIpc) is 3.28. The van der Waals surface area contributed by atoms with Gasteiger partial charge in [0.15, 0.2) is 0 Å². The normalized spacial score (nSPS) is 10.7. The molecular weight excluding hydrogens is 448 g/mol. The number of halogens is 1. The second-order valence-electron chi connectivity index (χ2n) is 6.47. The van der Waals surface area contributed by atoms with Crippen LogP contribution >= 0.6 is 15.9 Å². The van der Waals surface area contributed by atoms with Crippen LogP contribution in [-0.4, -0.2) is 43.1 Å². The number of aryl methyl sites for hydroxylation is 4. The molecule has 2 aromatic carbocycles. The third-order valence-corrected chi connectivity index (χ3v) is 5.51. The van der Waals surface area contributed by atoms with Crippen LogP contribution in [0.2, 0.25) is 0 Å². The van der Waals surface area contributed by atoms with Crippen LogP contribution in [-0.2, 0) is 23.6 Å². The van der Waals surface area contributed by atoms with Crippen LogP contribution in [0.4, 0.5) is 0 Å². The minimum atomic E-state index is -0.372. The van der Waals surface area contributed by atoms with Crippen LogP contribution in [0, 0.1) is 13.8 Å². The molecule has 9 heteroatoms. The number of rotatable bonds is 2. The molecule has 2 aromatic heterocycles. The third kappa shape index (κ3) is 4.56. The summed E-state index contributed by atoms with van der Waals surface area (Å²) in [6.07, 6.45) is 3.11. The Balaban J connectivity index is 0.000000218. The van der Waals surface area contributed by atoms with Crippen molar-refractivity contribution in [3.05, 3.63) is 51.5 Å². The number of methoxy groups -OCH3 is 1. The first-order valence-electron chi connectivity index (χ1n) is 8.83. The number of carbonyl (C=O) groups excluding carboxylic acids is 1. The minimum Gasteiger partial charge on any atom is -0.466 e. The van der Waals surface area contributed by atoms with E-state index in [0.29, 0.717) is 0 Å². The van der Waals surface area contributed by atoms with Gasteiger partial charge in [0.1, 0.15) is 11.0 Å². The van der Waals surface area contributed by atoms with Crippen molar-refractivity contribution in [2.75, 3.05) is 7.11 Å². The van der Waals surface area contributed by atoms with Crippen molar-refractivity contribution in [3.63, 3.8) is 0 Å². The van der Waals surface area contributed by atoms with Crippen molar-refractivity contribution in [1.29, 1.82) is 0 Å². The van der Waals surface area contributed by atoms with Gasteiger partial charge in [0.25, 0.3) is 0 Å². The maximum Gasteiger partial charge on any atom is 0.330 e. The summed E-state index contributed by atoms with van der Waals surface area (Å²) in [5, 5.41) is 16.1. The van der Waals surface area contributed by atoms with E-state index in [1.807, 2.05) is 52.2 Å². The smallest absolute Gasteiger partial charge is 0.330 e. The van der Waals surface area contributed by atoms with Gasteiger partial charge in [0, 0.05) is 24.6 Å². The molecule has 0 unspecified atom stereocenters. The van der Waals surface area contributed by atoms with Crippen molar-refractivity contribution in [2.24, 2.45) is 14.1 Å². The molecule has 0 atom stereocenters. The number of ether oxygens (including phenoxy) is 1. The van der Waals surface area contributed by atoms with Gasteiger partial charge in [0.05, 0.1) is 18.1 Å². The number of hydrogen-bond donors (Lipinski definition) is 0. The SMILES string of the molecule is C.COC(=O)/C=C/c1ccc2c(nnn2C)c1C.Cc1c(Br)ccc2c1nnn2C. The maximum absolute atomic E-state index is 11.0. The second kappa shape index (κ2) is 9.62. The maximum atomic E-state index is 11.0. The summed E-state index contributed by atoms with van der Waals surface area (Å²) in [6, 6.07) is 7.88. The van der Waals surface area contributed by atoms with Crippen LogP contribution in [0.15, 0.2) is 34.8 Å². The standard InChI is InChI=1S/C12H13N3O2.C8H8BrN3.CH4/c1-8-9(5-7-11(16)17-3)4-6-10-12(8)13-14-15(10)2;1-5-6(9)3-4-7-8(5)10-11-12(7)2;/h4-7H,1-3H3;3-4H,1-2H3;1H4/b7-5+;;. The first-order valence-corrected chi connectivity index (χ1v) is 9.62. The molecule has 8 nitrogen and oxygen atoms in total. The number of carbonyl (C=O) groups is 1. The monoisotopic (exact) mass is 472 g/mol. The van der Waals surface area contributed by atoms with Crippen LogP contribution < -0.4 is 0 Å². The Morgan fingerprint density at radius 1 is 0.967 bits per heavy atom. The highest BCUT2D eigenvalue weighted by Crippen LogP contribution is 2.23. The van der Waals surface area contributed by atoms with Gasteiger partial charge in [-0.1, -0.05) is 39.8 Å². The number of hydrogen-bond acceptors (Lipinski definition) is 6. The topological polar surface area (TPSA) is 87.7 Å². The molecule has 0 fully saturated rings. The molecule has 30 heavy (non-hydrogen) atoms. The number of aromatic nitrogens is 6. The van der Waals surface area contributed by atoms with Gasteiger partial charge >= 0.3 is 5.97 Å². The molecule has 0 radical (unpaired) electrons. The summed E-state index contributed by atoms with van der Waals surface area (Å²) in [4.78, 5) is 11.0. The van der Waals surface area contributed by atoms with Gasteiger partial charge in [0.2, 0.25) is 0 Å². The molecule has 0 saturated carbocycles. The lowest BCUT2D eigenvalue weighted by molar-refractivity contribution is -0.134. The largest absolute Gasteiger partial charge is 0.466 e. The summed E-state index contributed by atoms with van der Waals surface area (Å²) in [6.45, 7) is 3.98. The Labute approximate surface area is 183 Å². The Morgan fingerprint density at radius 2 is 1.50 bits per heavy atom. The number of fused-ring (bicyclic) bond motifs is 2. The zero-order chi connectivity index (χ0) is 21.1. The van der Waals surface area contributed by atoms with E-state index in [9.17, 15) is 4.79 Å². The van der Waals surface area contributed by atoms with E-state index in [1.165, 1.54) is 13.2 Å². The molecule has 4 rings (SSSR count). The Bertz CT molecular complexity index is 1230. The fraction of sp³-hybridized carbons (Fsp3) is 0.286. The highest BCUT2D eigenvalue weighted by molar-refractivity contribution is 9.10. The number of benzene rings is 2. The van der Waals surface area contributed by atoms with Crippen molar-refractivity contribution in [2.45, 2.75) is 21.3 Å². The van der Waals surface area contributed by atoms with Gasteiger partial charge < -0.3 is 4.74 Å². The first-order chi connectivity index (χ1) is 13.8. The van der Waals surface area contributed by atoms with E-state index in [2.05, 4.69) is 41.3 Å². The van der Waals surface area contributed by atoms with Gasteiger partial charge in [-0.2, -0.15) is 0 Å². The number of nitrogens with zero attached hydrogens (tertiary/aromatic N) is 6. The average molecular weight is 473 g/mol. The second-order valence-corrected chi connectivity index (χ2v) is 7.32. The fourth-order valence-corrected chi connectivity index (χ4v) is 3.18. The van der Waals surface area contributed by atoms with E-state index in [-0.39, 0.29) is 13.4 Å². The molecular formula is C21H25BrN6O2. The third-order valence-electron chi connectivity index (χ3n) is 4.65. The molecule has 0 bridgehead atoms. The van der Waals surface area contributed by atoms with Crippen molar-refractivity contribution in [3.8, 4) is 0 Å². The molecule has 0 N–H and O–H groups in total. The Morgan fingerprint density at radius 3 is 2.07 bits per heavy atom. The van der Waals surface area contributed by atoms with Crippen molar-refractivity contribution in [1.82, 2.24) is 30.0 Å². The lowest BCUT2D eigenvalue weighted by atomic mass is 10.1. The highest BCUT2D eigenvalue weighted by atomic mass is 79.9. The number of esters is 1. The summed E-state index contributed by atoms with van der Waals surface area (Å²) >= 11 is 3.45. The van der Waals surface area contributed by atoms with E-state index >= 15 is 0 Å². The van der Waals surface area contributed by atoms with Gasteiger partial charge in [-0.3, -0.25) is 0 Å². The molecule has 0 aliphatic heterocycles. The lowest BCUT2D eigenvalue weighted by Crippen LogP contribution is -1.94. The molecule has 0 aliphatic carbocycles. The highest BCUT2D eigenvalue weighted by Gasteiger charge is 2.07. The molecule has 4 aromatic rings. The predicted molar refractivity (Wildman–Crippen MR) is 122 cm³/mol. The van der Waals surface area contributed by atoms with Crippen molar-refractivity contribution >= 4 is 50.0 Å². The van der Waals surface area contributed by atoms with Crippen LogP contribution in [0.5, 0.6) is 0 Å². The van der Waals surface area contributed by atoms with Crippen LogP contribution in [0.1, 0.15) is 24.1 Å². The molecule has 0 saturated heterocycles. The Hall–Kier alpha value is -3.07. The first kappa shape index (κ1) is 23.2. The summed E-state index contributed by atoms with van der Waals surface area (Å²) in [5.41, 5.74) is 6.92. The zero-order valence-corrected chi connectivity index (χ0v) is 18.4. The zero-order valence-electron chi connectivity index (χ0n) is 16.8. The van der Waals surface area contributed by atoms with E-state index in [4.69, 9.17) is 0 Å². The van der Waals surface area contributed by atoms with E-state index < -0.39 is 0 Å². The summed E-state index contributed by atoms with van der Waals surface area (Å²) in [7, 11) is 5.09. The fourth-order valence-electron chi connectivity index (χ4n) is 2.86. The molecule has 2 heterocycles. The van der Waals surface area contributed by atoms with E-state index in [1.54, 1.807) is 15.4 Å². The summed E-state index contributed by atoms with van der Waals surface area (Å²) in [5.74, 6) is -0.372. The van der Waals surface area contributed by atoms with Gasteiger partial charge in [-0.15, -0.1) is 10.2 Å². The molecule has 0 spiro atoms. The van der Waals surface area contributed by atoms with Crippen LogP contribution in [0.25, 0.3) is 28.1 Å². The van der Waals surface area contributed by atoms with Gasteiger partial charge in [-0.25, -0.2) is 14.2 Å².